The number of halogens is 1. The number of carbonyl (C=O) groups excluding carboxylic acids is 1. The van der Waals surface area contributed by atoms with E-state index in [1.165, 1.54) is 6.07 Å². The van der Waals surface area contributed by atoms with Crippen LogP contribution in [0.3, 0.4) is 0 Å². The Hall–Kier alpha value is -2.36. The van der Waals surface area contributed by atoms with Crippen molar-refractivity contribution in [2.24, 2.45) is 0 Å². The summed E-state index contributed by atoms with van der Waals surface area (Å²) >= 11 is 0. The molecular formula is C17H19FN2O. The molecule has 0 aliphatic carbocycles. The van der Waals surface area contributed by atoms with Crippen LogP contribution in [-0.4, -0.2) is 24.9 Å². The Labute approximate surface area is 124 Å². The summed E-state index contributed by atoms with van der Waals surface area (Å²) in [6.45, 7) is 1.82. The van der Waals surface area contributed by atoms with Crippen molar-refractivity contribution in [1.82, 2.24) is 4.90 Å². The number of hydrogen-bond acceptors (Lipinski definition) is 2. The SMILES string of the molecule is CNc1ccccc1C(=O)N(C)C(C)c1ccccc1F. The molecular weight excluding hydrogens is 267 g/mol. The summed E-state index contributed by atoms with van der Waals surface area (Å²) in [5.74, 6) is -0.442. The van der Waals surface area contributed by atoms with Crippen LogP contribution in [0.1, 0.15) is 28.9 Å². The number of para-hydroxylation sites is 1. The van der Waals surface area contributed by atoms with Crippen molar-refractivity contribution in [1.29, 1.82) is 0 Å². The summed E-state index contributed by atoms with van der Waals surface area (Å²) in [5.41, 5.74) is 1.84. The number of carbonyl (C=O) groups is 1. The van der Waals surface area contributed by atoms with Gasteiger partial charge >= 0.3 is 0 Å². The normalized spacial score (nSPS) is 11.8. The molecule has 2 aromatic rings. The fraction of sp³-hybridized carbons (Fsp3) is 0.235. The predicted octanol–water partition coefficient (Wildman–Crippen LogP) is 3.70. The molecule has 1 atom stereocenters. The first kappa shape index (κ1) is 15.0. The summed E-state index contributed by atoms with van der Waals surface area (Å²) in [7, 11) is 3.46. The van der Waals surface area contributed by atoms with Crippen LogP contribution in [0.25, 0.3) is 0 Å². The fourth-order valence-electron chi connectivity index (χ4n) is 2.28. The smallest absolute Gasteiger partial charge is 0.256 e. The number of nitrogens with zero attached hydrogens (tertiary/aromatic N) is 1. The van der Waals surface area contributed by atoms with Crippen molar-refractivity contribution in [3.05, 3.63) is 65.5 Å². The van der Waals surface area contributed by atoms with E-state index in [1.807, 2.05) is 25.1 Å². The number of nitrogens with one attached hydrogen (secondary N) is 1. The molecule has 4 heteroatoms. The first-order chi connectivity index (χ1) is 10.1. The minimum atomic E-state index is -0.344. The van der Waals surface area contributed by atoms with E-state index in [0.717, 1.165) is 5.69 Å². The summed E-state index contributed by atoms with van der Waals surface area (Å²) in [5, 5.41) is 3.00. The molecule has 0 saturated carbocycles. The molecule has 0 aliphatic heterocycles. The third kappa shape index (κ3) is 3.05. The van der Waals surface area contributed by atoms with E-state index in [9.17, 15) is 9.18 Å². The van der Waals surface area contributed by atoms with E-state index < -0.39 is 0 Å². The van der Waals surface area contributed by atoms with Gasteiger partial charge in [-0.2, -0.15) is 0 Å². The van der Waals surface area contributed by atoms with Crippen LogP contribution in [0.15, 0.2) is 48.5 Å². The quantitative estimate of drug-likeness (QED) is 0.929. The molecule has 0 saturated heterocycles. The molecule has 0 bridgehead atoms. The highest BCUT2D eigenvalue weighted by Gasteiger charge is 2.22. The van der Waals surface area contributed by atoms with Crippen LogP contribution in [0.4, 0.5) is 10.1 Å². The van der Waals surface area contributed by atoms with Gasteiger partial charge in [-0.1, -0.05) is 30.3 Å². The molecule has 2 aromatic carbocycles. The second-order valence-corrected chi connectivity index (χ2v) is 4.91. The van der Waals surface area contributed by atoms with E-state index in [4.69, 9.17) is 0 Å². The predicted molar refractivity (Wildman–Crippen MR) is 82.9 cm³/mol. The lowest BCUT2D eigenvalue weighted by Crippen LogP contribution is -2.30. The molecule has 0 aromatic heterocycles. The summed E-state index contributed by atoms with van der Waals surface area (Å²) < 4.78 is 13.9. The minimum Gasteiger partial charge on any atom is -0.387 e. The topological polar surface area (TPSA) is 32.3 Å². The molecule has 1 amide bonds. The number of benzene rings is 2. The largest absolute Gasteiger partial charge is 0.387 e. The standard InChI is InChI=1S/C17H19FN2O/c1-12(13-8-4-6-10-15(13)18)20(3)17(21)14-9-5-7-11-16(14)19-2/h4-12,19H,1-3H3. The molecule has 0 aliphatic rings. The van der Waals surface area contributed by atoms with Crippen LogP contribution in [-0.2, 0) is 0 Å². The molecule has 2 rings (SSSR count). The van der Waals surface area contributed by atoms with Gasteiger partial charge in [-0.3, -0.25) is 4.79 Å². The van der Waals surface area contributed by atoms with E-state index in [0.29, 0.717) is 11.1 Å². The first-order valence-electron chi connectivity index (χ1n) is 6.84. The maximum Gasteiger partial charge on any atom is 0.256 e. The van der Waals surface area contributed by atoms with Crippen LogP contribution in [0.5, 0.6) is 0 Å². The molecule has 110 valence electrons. The second-order valence-electron chi connectivity index (χ2n) is 4.91. The van der Waals surface area contributed by atoms with Crippen molar-refractivity contribution in [2.75, 3.05) is 19.4 Å². The lowest BCUT2D eigenvalue weighted by molar-refractivity contribution is 0.0741. The Balaban J connectivity index is 2.29. The van der Waals surface area contributed by atoms with Crippen LogP contribution in [0, 0.1) is 5.82 Å². The average Bonchev–Trinajstić information content (AvgIpc) is 2.53. The third-order valence-electron chi connectivity index (χ3n) is 3.68. The molecule has 1 N–H and O–H groups in total. The maximum absolute atomic E-state index is 13.9. The Bertz CT molecular complexity index is 642. The molecule has 3 nitrogen and oxygen atoms in total. The van der Waals surface area contributed by atoms with E-state index >= 15 is 0 Å². The number of hydrogen-bond donors (Lipinski definition) is 1. The van der Waals surface area contributed by atoms with Crippen LogP contribution in [0.2, 0.25) is 0 Å². The van der Waals surface area contributed by atoms with Crippen molar-refractivity contribution < 1.29 is 9.18 Å². The molecule has 0 radical (unpaired) electrons. The van der Waals surface area contributed by atoms with Gasteiger partial charge in [0.25, 0.3) is 5.91 Å². The van der Waals surface area contributed by atoms with Crippen molar-refractivity contribution in [2.45, 2.75) is 13.0 Å². The number of rotatable bonds is 4. The Morgan fingerprint density at radius 1 is 1.14 bits per heavy atom. The maximum atomic E-state index is 13.9. The summed E-state index contributed by atoms with van der Waals surface area (Å²) in [6.07, 6.45) is 0. The fourth-order valence-corrected chi connectivity index (χ4v) is 2.28. The van der Waals surface area contributed by atoms with E-state index in [1.54, 1.807) is 43.3 Å². The summed E-state index contributed by atoms with van der Waals surface area (Å²) in [6, 6.07) is 13.5. The second kappa shape index (κ2) is 6.39. The monoisotopic (exact) mass is 286 g/mol. The Kier molecular flexibility index (Phi) is 4.58. The highest BCUT2D eigenvalue weighted by molar-refractivity contribution is 5.99. The first-order valence-corrected chi connectivity index (χ1v) is 6.84. The highest BCUT2D eigenvalue weighted by Crippen LogP contribution is 2.25. The average molecular weight is 286 g/mol. The van der Waals surface area contributed by atoms with Crippen molar-refractivity contribution in [3.63, 3.8) is 0 Å². The summed E-state index contributed by atoms with van der Waals surface area (Å²) in [4.78, 5) is 14.2. The van der Waals surface area contributed by atoms with Crippen molar-refractivity contribution in [3.8, 4) is 0 Å². The van der Waals surface area contributed by atoms with Crippen LogP contribution >= 0.6 is 0 Å². The lowest BCUT2D eigenvalue weighted by atomic mass is 10.0. The molecule has 0 fully saturated rings. The van der Waals surface area contributed by atoms with Gasteiger partial charge in [-0.25, -0.2) is 4.39 Å². The van der Waals surface area contributed by atoms with Gasteiger partial charge < -0.3 is 10.2 Å². The molecule has 0 heterocycles. The van der Waals surface area contributed by atoms with Gasteiger partial charge in [0.05, 0.1) is 11.6 Å². The molecule has 1 unspecified atom stereocenters. The zero-order valence-electron chi connectivity index (χ0n) is 12.4. The molecule has 0 spiro atoms. The zero-order valence-corrected chi connectivity index (χ0v) is 12.4. The van der Waals surface area contributed by atoms with Gasteiger partial charge in [0.1, 0.15) is 5.82 Å². The number of anilines is 1. The van der Waals surface area contributed by atoms with Gasteiger partial charge in [-0.15, -0.1) is 0 Å². The van der Waals surface area contributed by atoms with Crippen LogP contribution < -0.4 is 5.32 Å². The minimum absolute atomic E-state index is 0.143. The van der Waals surface area contributed by atoms with Gasteiger partial charge in [0.2, 0.25) is 0 Å². The van der Waals surface area contributed by atoms with E-state index in [2.05, 4.69) is 5.32 Å². The zero-order chi connectivity index (χ0) is 15.4. The molecule has 21 heavy (non-hydrogen) atoms. The highest BCUT2D eigenvalue weighted by atomic mass is 19.1. The Morgan fingerprint density at radius 3 is 2.43 bits per heavy atom. The third-order valence-corrected chi connectivity index (χ3v) is 3.68. The number of amides is 1. The van der Waals surface area contributed by atoms with Gasteiger partial charge in [-0.05, 0) is 25.1 Å². The van der Waals surface area contributed by atoms with E-state index in [-0.39, 0.29) is 17.8 Å². The Morgan fingerprint density at radius 2 is 1.76 bits per heavy atom. The van der Waals surface area contributed by atoms with Crippen molar-refractivity contribution >= 4 is 11.6 Å². The van der Waals surface area contributed by atoms with Gasteiger partial charge in [0, 0.05) is 25.3 Å². The van der Waals surface area contributed by atoms with Gasteiger partial charge in [0.15, 0.2) is 0 Å². The lowest BCUT2D eigenvalue weighted by Gasteiger charge is -2.26.